The lowest BCUT2D eigenvalue weighted by Gasteiger charge is -2.16. The molecule has 16 nitrogen and oxygen atoms in total. The number of nitrogens with one attached hydrogen (secondary N) is 3. The van der Waals surface area contributed by atoms with Gasteiger partial charge in [-0.1, -0.05) is 18.2 Å². The number of amidine groups is 5. The predicted molar refractivity (Wildman–Crippen MR) is 188 cm³/mol. The first-order chi connectivity index (χ1) is 25.0. The lowest BCUT2D eigenvalue weighted by Crippen LogP contribution is -2.25. The maximum Gasteiger partial charge on any atom is 0.335 e. The average molecular weight is 695 g/mol. The van der Waals surface area contributed by atoms with E-state index in [9.17, 15) is 39.6 Å². The van der Waals surface area contributed by atoms with Gasteiger partial charge in [-0.25, -0.2) is 44.1 Å². The summed E-state index contributed by atoms with van der Waals surface area (Å²) in [6.07, 6.45) is 3.86. The van der Waals surface area contributed by atoms with Gasteiger partial charge in [-0.3, -0.25) is 0 Å². The molecule has 52 heavy (non-hydrogen) atoms. The second-order valence-corrected chi connectivity index (χ2v) is 12.4. The second kappa shape index (κ2) is 11.0. The summed E-state index contributed by atoms with van der Waals surface area (Å²) in [5.41, 5.74) is 1.95. The van der Waals surface area contributed by atoms with Crippen LogP contribution in [-0.4, -0.2) is 78.5 Å². The van der Waals surface area contributed by atoms with Gasteiger partial charge in [0.25, 0.3) is 0 Å². The largest absolute Gasteiger partial charge is 0.478 e. The third kappa shape index (κ3) is 4.72. The number of rotatable bonds is 4. The minimum absolute atomic E-state index is 0.00430. The van der Waals surface area contributed by atoms with Crippen molar-refractivity contribution in [2.45, 2.75) is 6.17 Å². The topological polar surface area (TPSA) is 251 Å². The van der Waals surface area contributed by atoms with Gasteiger partial charge in [0.2, 0.25) is 0 Å². The number of aliphatic carboxylic acids is 1. The number of carboxylic acids is 4. The Morgan fingerprint density at radius 1 is 0.615 bits per heavy atom. The van der Waals surface area contributed by atoms with Crippen LogP contribution < -0.4 is 10.6 Å². The van der Waals surface area contributed by atoms with Gasteiger partial charge < -0.3 is 36.0 Å². The summed E-state index contributed by atoms with van der Waals surface area (Å²) in [6.45, 7) is 0. The number of anilines is 1. The molecule has 9 rings (SSSR count). The molecule has 8 bridgehead atoms. The van der Waals surface area contributed by atoms with Crippen molar-refractivity contribution in [3.63, 3.8) is 0 Å². The van der Waals surface area contributed by atoms with Crippen LogP contribution in [0.15, 0.2) is 103 Å². The smallest absolute Gasteiger partial charge is 0.335 e. The van der Waals surface area contributed by atoms with Gasteiger partial charge in [0.15, 0.2) is 17.5 Å². The van der Waals surface area contributed by atoms with Gasteiger partial charge >= 0.3 is 23.9 Å². The van der Waals surface area contributed by atoms with Gasteiger partial charge in [0, 0.05) is 44.9 Å². The molecule has 0 radical (unpaired) electrons. The number of carbonyl (C=O) groups is 4. The van der Waals surface area contributed by atoms with Crippen LogP contribution in [0, 0.1) is 11.8 Å². The number of benzene rings is 3. The summed E-state index contributed by atoms with van der Waals surface area (Å²) in [5.74, 6) is -3.86. The van der Waals surface area contributed by atoms with E-state index in [2.05, 4.69) is 15.6 Å². The van der Waals surface area contributed by atoms with Crippen LogP contribution in [-0.2, 0) is 4.79 Å². The first-order valence-corrected chi connectivity index (χ1v) is 15.8. The van der Waals surface area contributed by atoms with E-state index in [-0.39, 0.29) is 45.6 Å². The van der Waals surface area contributed by atoms with E-state index >= 15 is 0 Å². The minimum Gasteiger partial charge on any atom is -0.478 e. The summed E-state index contributed by atoms with van der Waals surface area (Å²) in [4.78, 5) is 75.3. The Labute approximate surface area is 290 Å². The van der Waals surface area contributed by atoms with E-state index in [1.54, 1.807) is 30.4 Å². The van der Waals surface area contributed by atoms with Crippen LogP contribution in [0.3, 0.4) is 0 Å². The highest BCUT2D eigenvalue weighted by Gasteiger charge is 2.40. The van der Waals surface area contributed by atoms with Crippen molar-refractivity contribution in [1.29, 1.82) is 0 Å². The maximum absolute atomic E-state index is 12.0. The molecule has 1 aliphatic carbocycles. The monoisotopic (exact) mass is 694 g/mol. The number of aromatic carboxylic acids is 3. The lowest BCUT2D eigenvalue weighted by atomic mass is 9.87. The Kier molecular flexibility index (Phi) is 6.47. The van der Waals surface area contributed by atoms with Crippen molar-refractivity contribution >= 4 is 75.5 Å². The molecule has 4 aromatic rings. The zero-order chi connectivity index (χ0) is 36.0. The number of aromatic amines is 1. The summed E-state index contributed by atoms with van der Waals surface area (Å²) in [7, 11) is 0. The number of carboxylic acid groups (broad SMARTS) is 4. The third-order valence-corrected chi connectivity index (χ3v) is 9.40. The average Bonchev–Trinajstić information content (AvgIpc) is 3.85. The van der Waals surface area contributed by atoms with Crippen LogP contribution in [0.4, 0.5) is 11.6 Å². The number of nitrogens with zero attached hydrogens (tertiary/aromatic N) is 5. The molecular formula is C36H22N8O8. The van der Waals surface area contributed by atoms with Crippen molar-refractivity contribution in [3.8, 4) is 0 Å². The SMILES string of the molecule is O=C(O)C1=CC2C3=NC4=NC(Nc5[nH]c(c6cc(C(=O)O)ccc56)/N=C5\N=C(N=C(N3)C2C=C1)c1cc(C(=O)O)ccc15)c1cc(C(=O)O)ccc14. The summed E-state index contributed by atoms with van der Waals surface area (Å²) >= 11 is 0. The van der Waals surface area contributed by atoms with E-state index in [0.29, 0.717) is 50.5 Å². The fraction of sp³-hybridized carbons (Fsp3) is 0.0833. The van der Waals surface area contributed by atoms with Crippen LogP contribution in [0.2, 0.25) is 0 Å². The first-order valence-electron chi connectivity index (χ1n) is 15.8. The quantitative estimate of drug-likeness (QED) is 0.160. The molecule has 254 valence electrons. The Morgan fingerprint density at radius 3 is 2.02 bits per heavy atom. The molecule has 3 unspecified atom stereocenters. The standard InChI is InChI=1S/C36H22N8O8/c45-33(46)13-1-5-17-21(9-13)29-37-25(17)41-30-22-10-14(34(47)48)2-6-18(22)27(38-30)43-32-24-12-16(36(51)52)4-8-20(24)28(40-32)44-31-23-11-15(35(49)50)3-7-19(23)26(39-31)42-29/h1-12,17,21,31,40,44H,(H,45,46)(H,47,48)(H,49,50)(H,51,52)(H,37,38,39,41,42,43). The van der Waals surface area contributed by atoms with Gasteiger partial charge in [-0.2, -0.15) is 0 Å². The van der Waals surface area contributed by atoms with Crippen molar-refractivity contribution in [2.24, 2.45) is 36.8 Å². The second-order valence-electron chi connectivity index (χ2n) is 12.4. The molecule has 4 aliphatic heterocycles. The summed E-state index contributed by atoms with van der Waals surface area (Å²) in [6, 6.07) is 13.5. The van der Waals surface area contributed by atoms with Gasteiger partial charge in [0.1, 0.15) is 29.5 Å². The molecule has 3 aromatic carbocycles. The van der Waals surface area contributed by atoms with Crippen LogP contribution in [0.25, 0.3) is 10.8 Å². The molecule has 1 saturated heterocycles. The number of aromatic nitrogens is 1. The number of hydrogen-bond acceptors (Lipinski definition) is 11. The predicted octanol–water partition coefficient (Wildman–Crippen LogP) is 4.20. The maximum atomic E-state index is 12.0. The lowest BCUT2D eigenvalue weighted by molar-refractivity contribution is -0.132. The Hall–Kier alpha value is -7.49. The molecule has 16 heteroatoms. The van der Waals surface area contributed by atoms with Gasteiger partial charge in [-0.05, 0) is 54.6 Å². The van der Waals surface area contributed by atoms with E-state index in [1.807, 2.05) is 0 Å². The highest BCUT2D eigenvalue weighted by molar-refractivity contribution is 6.28. The Morgan fingerprint density at radius 2 is 1.27 bits per heavy atom. The Bertz CT molecular complexity index is 2620. The van der Waals surface area contributed by atoms with Gasteiger partial charge in [-0.15, -0.1) is 0 Å². The zero-order valence-corrected chi connectivity index (χ0v) is 26.3. The van der Waals surface area contributed by atoms with E-state index < -0.39 is 41.9 Å². The van der Waals surface area contributed by atoms with Crippen LogP contribution in [0.5, 0.6) is 0 Å². The molecule has 3 atom stereocenters. The van der Waals surface area contributed by atoms with Crippen LogP contribution in [0.1, 0.15) is 59.5 Å². The minimum atomic E-state index is -1.16. The number of H-pyrrole nitrogens is 1. The summed E-state index contributed by atoms with van der Waals surface area (Å²) < 4.78 is 0. The van der Waals surface area contributed by atoms with Crippen molar-refractivity contribution < 1.29 is 39.6 Å². The number of fused-ring (bicyclic) bond motifs is 18. The Balaban J connectivity index is 1.32. The van der Waals surface area contributed by atoms with Crippen LogP contribution >= 0.6 is 0 Å². The molecule has 1 fully saturated rings. The van der Waals surface area contributed by atoms with Crippen molar-refractivity contribution in [1.82, 2.24) is 10.3 Å². The third-order valence-electron chi connectivity index (χ3n) is 9.40. The molecule has 0 saturated carbocycles. The molecule has 5 aliphatic rings. The van der Waals surface area contributed by atoms with Gasteiger partial charge in [0.05, 0.1) is 22.3 Å². The summed E-state index contributed by atoms with van der Waals surface area (Å²) in [5, 5.41) is 46.8. The highest BCUT2D eigenvalue weighted by Crippen LogP contribution is 2.40. The normalized spacial score (nSPS) is 21.5. The molecular weight excluding hydrogens is 672 g/mol. The molecule has 5 heterocycles. The first kappa shape index (κ1) is 30.6. The zero-order valence-electron chi connectivity index (χ0n) is 26.3. The molecule has 7 N–H and O–H groups in total. The molecule has 0 spiro atoms. The fourth-order valence-electron chi connectivity index (χ4n) is 6.89. The molecule has 0 amide bonds. The fourth-order valence-corrected chi connectivity index (χ4v) is 6.89. The molecule has 1 aromatic heterocycles. The van der Waals surface area contributed by atoms with E-state index in [4.69, 9.17) is 25.0 Å². The number of aliphatic imine (C=N–C) groups is 5. The van der Waals surface area contributed by atoms with E-state index in [0.717, 1.165) is 0 Å². The van der Waals surface area contributed by atoms with Crippen molar-refractivity contribution in [2.75, 3.05) is 5.32 Å². The van der Waals surface area contributed by atoms with Crippen molar-refractivity contribution in [3.05, 3.63) is 117 Å². The van der Waals surface area contributed by atoms with E-state index in [1.165, 1.54) is 42.5 Å². The number of hydrogen-bond donors (Lipinski definition) is 7. The highest BCUT2D eigenvalue weighted by atomic mass is 16.4.